The van der Waals surface area contributed by atoms with Gasteiger partial charge in [0.25, 0.3) is 20.0 Å². The van der Waals surface area contributed by atoms with E-state index in [0.29, 0.717) is 37.3 Å². The number of rotatable bonds is 10. The number of nitrogens with zero attached hydrogens (tertiary/aromatic N) is 2. The molecule has 0 atom stereocenters. The highest BCUT2D eigenvalue weighted by molar-refractivity contribution is 7.99. The third-order valence-corrected chi connectivity index (χ3v) is 16.5. The molecule has 0 aliphatic rings. The molecule has 0 unspecified atom stereocenters. The molecule has 0 amide bonds. The number of sulfonamides is 2. The van der Waals surface area contributed by atoms with E-state index in [-0.39, 0.29) is 41.4 Å². The van der Waals surface area contributed by atoms with Crippen molar-refractivity contribution < 1.29 is 30.0 Å². The third-order valence-electron chi connectivity index (χ3n) is 8.86. The van der Waals surface area contributed by atoms with Gasteiger partial charge in [-0.05, 0) is 133 Å². The van der Waals surface area contributed by atoms with Gasteiger partial charge >= 0.3 is 6.18 Å². The van der Waals surface area contributed by atoms with E-state index >= 15 is 0 Å². The van der Waals surface area contributed by atoms with Crippen LogP contribution in [0.15, 0.2) is 127 Å². The van der Waals surface area contributed by atoms with E-state index < -0.39 is 41.7 Å². The zero-order chi connectivity index (χ0) is 47.2. The van der Waals surface area contributed by atoms with Gasteiger partial charge in [-0.25, -0.2) is 26.8 Å². The Balaban J connectivity index is 0.000000195. The van der Waals surface area contributed by atoms with E-state index in [1.54, 1.807) is 30.3 Å². The van der Waals surface area contributed by atoms with Crippen molar-refractivity contribution in [3.05, 3.63) is 149 Å². The van der Waals surface area contributed by atoms with E-state index in [1.165, 1.54) is 53.9 Å². The van der Waals surface area contributed by atoms with Crippen LogP contribution in [0, 0.1) is 13.8 Å². The first-order chi connectivity index (χ1) is 30.4. The summed E-state index contributed by atoms with van der Waals surface area (Å²) in [5.41, 5.74) is 4.20. The molecule has 24 heteroatoms. The smallest absolute Gasteiger partial charge is 0.333 e. The number of hydrogen-bond donors (Lipinski definition) is 4. The molecule has 0 radical (unpaired) electrons. The van der Waals surface area contributed by atoms with Crippen molar-refractivity contribution in [3.63, 3.8) is 0 Å². The number of hydrogen-bond acceptors (Lipinski definition) is 8. The molecule has 2 aromatic heterocycles. The standard InChI is InChI=1S/C21H13Cl3F3N3O2S2.C20H13Cl4N3O2S2/c1-10-2-4-16-17(6-10)29-20(28-16)33-19-14(23)8-12(9-15(19)24)30-34(31,32)18-5-3-11(7-13(18)22)21(25,26)27;1-10-2-5-18(13(22)6-10)31(28,29)27-12-8-14(23)19(15(24)9-12)30-20-25-16-4-3-11(21)7-17(16)26-20/h2-9,30H,1H3,(H,28,29);2-9,27H,1H3,(H,25,26). The number of H-pyrrole nitrogens is 2. The summed E-state index contributed by atoms with van der Waals surface area (Å²) in [7, 11) is -8.25. The van der Waals surface area contributed by atoms with Crippen LogP contribution >= 0.6 is 105 Å². The van der Waals surface area contributed by atoms with Gasteiger partial charge in [0.15, 0.2) is 10.3 Å². The number of imidazole rings is 2. The molecule has 0 saturated heterocycles. The Labute approximate surface area is 413 Å². The van der Waals surface area contributed by atoms with E-state index in [0.717, 1.165) is 39.3 Å². The summed E-state index contributed by atoms with van der Waals surface area (Å²) in [6, 6.07) is 23.4. The minimum absolute atomic E-state index is 0.00976. The van der Waals surface area contributed by atoms with Crippen molar-refractivity contribution in [2.24, 2.45) is 0 Å². The van der Waals surface area contributed by atoms with Crippen LogP contribution in [0.4, 0.5) is 24.5 Å². The Hall–Kier alpha value is -3.72. The molecule has 0 fully saturated rings. The molecule has 10 nitrogen and oxygen atoms in total. The average Bonchev–Trinajstić information content (AvgIpc) is 3.79. The number of aromatic nitrogens is 4. The van der Waals surface area contributed by atoms with Crippen LogP contribution < -0.4 is 9.44 Å². The Morgan fingerprint density at radius 1 is 0.523 bits per heavy atom. The number of aryl methyl sites for hydroxylation is 2. The predicted octanol–water partition coefficient (Wildman–Crippen LogP) is 15.2. The first-order valence-corrected chi connectivity index (χ1v) is 25.3. The molecule has 2 heterocycles. The fraction of sp³-hybridized carbons (Fsp3) is 0.0732. The lowest BCUT2D eigenvalue weighted by Gasteiger charge is -2.13. The number of anilines is 2. The number of alkyl halides is 3. The number of aromatic amines is 2. The molecule has 6 aromatic carbocycles. The van der Waals surface area contributed by atoms with Crippen LogP contribution in [0.3, 0.4) is 0 Å². The maximum absolute atomic E-state index is 12.8. The fourth-order valence-corrected chi connectivity index (χ4v) is 12.4. The maximum Gasteiger partial charge on any atom is 0.416 e. The normalized spacial score (nSPS) is 12.1. The number of fused-ring (bicyclic) bond motifs is 2. The van der Waals surface area contributed by atoms with E-state index in [1.807, 2.05) is 32.0 Å². The molecule has 65 heavy (non-hydrogen) atoms. The SMILES string of the molecule is Cc1ccc(S(=O)(=O)Nc2cc(Cl)c(Sc3nc4ccc(Cl)cc4[nH]3)c(Cl)c2)c(Cl)c1.Cc1ccc2nc(Sc3c(Cl)cc(NS(=O)(=O)c4ccc(C(F)(F)F)cc4Cl)cc3Cl)[nH]c2c1. The van der Waals surface area contributed by atoms with Gasteiger partial charge in [0.1, 0.15) is 9.79 Å². The molecular weight excluding hydrogens is 1070 g/mol. The average molecular weight is 1100 g/mol. The summed E-state index contributed by atoms with van der Waals surface area (Å²) in [5, 5.41) is 2.07. The van der Waals surface area contributed by atoms with E-state index in [2.05, 4.69) is 29.4 Å². The van der Waals surface area contributed by atoms with Gasteiger partial charge < -0.3 is 9.97 Å². The summed E-state index contributed by atoms with van der Waals surface area (Å²) < 4.78 is 94.2. The van der Waals surface area contributed by atoms with Gasteiger partial charge in [0, 0.05) is 5.02 Å². The predicted molar refractivity (Wildman–Crippen MR) is 257 cm³/mol. The number of benzene rings is 6. The minimum Gasteiger partial charge on any atom is -0.333 e. The molecule has 0 aliphatic carbocycles. The van der Waals surface area contributed by atoms with Crippen LogP contribution in [0.5, 0.6) is 0 Å². The van der Waals surface area contributed by atoms with Crippen molar-refractivity contribution in [3.8, 4) is 0 Å². The Morgan fingerprint density at radius 3 is 1.40 bits per heavy atom. The summed E-state index contributed by atoms with van der Waals surface area (Å²) >= 11 is 45.9. The second kappa shape index (κ2) is 19.5. The summed E-state index contributed by atoms with van der Waals surface area (Å²) in [5.74, 6) is 0. The minimum atomic E-state index is -4.66. The van der Waals surface area contributed by atoms with Gasteiger partial charge in [-0.2, -0.15) is 13.2 Å². The molecular formula is C41H26Cl7F3N6O4S4. The highest BCUT2D eigenvalue weighted by Crippen LogP contribution is 2.43. The number of halogens is 10. The van der Waals surface area contributed by atoms with Crippen LogP contribution in [-0.2, 0) is 26.2 Å². The highest BCUT2D eigenvalue weighted by Gasteiger charge is 2.32. The van der Waals surface area contributed by atoms with Gasteiger partial charge in [-0.3, -0.25) is 9.44 Å². The molecule has 0 saturated carbocycles. The van der Waals surface area contributed by atoms with Gasteiger partial charge in [0.05, 0.1) is 78.9 Å². The van der Waals surface area contributed by atoms with Crippen LogP contribution in [0.25, 0.3) is 22.1 Å². The largest absolute Gasteiger partial charge is 0.416 e. The molecule has 0 aliphatic heterocycles. The van der Waals surface area contributed by atoms with Crippen molar-refractivity contribution in [1.29, 1.82) is 0 Å². The van der Waals surface area contributed by atoms with Crippen LogP contribution in [-0.4, -0.2) is 36.8 Å². The second-order valence-corrected chi connectivity index (χ2v) is 22.0. The van der Waals surface area contributed by atoms with Crippen molar-refractivity contribution >= 4 is 158 Å². The summed E-state index contributed by atoms with van der Waals surface area (Å²) in [6.45, 7) is 3.78. The fourth-order valence-electron chi connectivity index (χ4n) is 5.92. The molecule has 0 spiro atoms. The quantitative estimate of drug-likeness (QED) is 0.106. The molecule has 338 valence electrons. The zero-order valence-electron chi connectivity index (χ0n) is 32.7. The highest BCUT2D eigenvalue weighted by atomic mass is 35.5. The monoisotopic (exact) mass is 1100 g/mol. The lowest BCUT2D eigenvalue weighted by molar-refractivity contribution is -0.137. The van der Waals surface area contributed by atoms with E-state index in [9.17, 15) is 30.0 Å². The van der Waals surface area contributed by atoms with Crippen molar-refractivity contribution in [2.45, 2.75) is 49.9 Å². The Morgan fingerprint density at radius 2 is 0.938 bits per heavy atom. The zero-order valence-corrected chi connectivity index (χ0v) is 41.2. The lowest BCUT2D eigenvalue weighted by atomic mass is 10.2. The molecule has 0 bridgehead atoms. The Bertz CT molecular complexity index is 3350. The number of nitrogens with one attached hydrogen (secondary N) is 4. The Kier molecular flexibility index (Phi) is 14.7. The molecule has 8 aromatic rings. The van der Waals surface area contributed by atoms with Crippen LogP contribution in [0.1, 0.15) is 16.7 Å². The summed E-state index contributed by atoms with van der Waals surface area (Å²) in [4.78, 5) is 15.7. The summed E-state index contributed by atoms with van der Waals surface area (Å²) in [6.07, 6.45) is -4.66. The van der Waals surface area contributed by atoms with Gasteiger partial charge in [-0.15, -0.1) is 0 Å². The van der Waals surface area contributed by atoms with Gasteiger partial charge in [0.2, 0.25) is 0 Å². The first kappa shape index (κ1) is 49.2. The molecule has 8 rings (SSSR count). The van der Waals surface area contributed by atoms with Gasteiger partial charge in [-0.1, -0.05) is 93.3 Å². The molecule has 4 N–H and O–H groups in total. The van der Waals surface area contributed by atoms with Crippen molar-refractivity contribution in [1.82, 2.24) is 19.9 Å². The lowest BCUT2D eigenvalue weighted by Crippen LogP contribution is -2.14. The van der Waals surface area contributed by atoms with Crippen molar-refractivity contribution in [2.75, 3.05) is 9.44 Å². The maximum atomic E-state index is 12.8. The topological polar surface area (TPSA) is 150 Å². The van der Waals surface area contributed by atoms with E-state index in [4.69, 9.17) is 81.2 Å². The third kappa shape index (κ3) is 11.7. The van der Waals surface area contributed by atoms with Crippen LogP contribution in [0.2, 0.25) is 35.2 Å². The first-order valence-electron chi connectivity index (χ1n) is 18.1. The second-order valence-electron chi connectivity index (χ2n) is 13.8.